The minimum Gasteiger partial charge on any atom is -0.397 e. The van der Waals surface area contributed by atoms with Crippen LogP contribution in [0.4, 0.5) is 17.3 Å². The number of aromatic nitrogens is 3. The molecule has 6 N–H and O–H groups in total. The molecule has 28 heavy (non-hydrogen) atoms. The molecular weight excluding hydrogens is 356 g/mol. The molecular formula is C18H14N10. The minimum absolute atomic E-state index is 0.00565. The normalized spacial score (nSPS) is 14.8. The van der Waals surface area contributed by atoms with Crippen molar-refractivity contribution in [3.63, 3.8) is 0 Å². The number of guanidine groups is 1. The van der Waals surface area contributed by atoms with Gasteiger partial charge in [-0.2, -0.15) is 10.5 Å². The second kappa shape index (κ2) is 6.63. The molecule has 10 nitrogen and oxygen atoms in total. The number of anilines is 3. The first kappa shape index (κ1) is 16.9. The van der Waals surface area contributed by atoms with Gasteiger partial charge in [0, 0.05) is 23.5 Å². The summed E-state index contributed by atoms with van der Waals surface area (Å²) in [6, 6.07) is 8.95. The van der Waals surface area contributed by atoms with Gasteiger partial charge in [0.15, 0.2) is 6.19 Å². The number of nitrogens with one attached hydrogen (secondary N) is 2. The largest absolute Gasteiger partial charge is 0.397 e. The Balaban J connectivity index is 1.98. The van der Waals surface area contributed by atoms with E-state index in [0.717, 1.165) is 11.3 Å². The van der Waals surface area contributed by atoms with Crippen molar-refractivity contribution in [1.82, 2.24) is 19.9 Å². The van der Waals surface area contributed by atoms with Crippen molar-refractivity contribution in [3.8, 4) is 17.9 Å². The molecule has 10 heteroatoms. The highest BCUT2D eigenvalue weighted by Gasteiger charge is 2.31. The van der Waals surface area contributed by atoms with Gasteiger partial charge < -0.3 is 21.4 Å². The topological polar surface area (TPSA) is 167 Å². The summed E-state index contributed by atoms with van der Waals surface area (Å²) in [5.41, 5.74) is 14.6. The summed E-state index contributed by atoms with van der Waals surface area (Å²) in [5.74, 6) is 0.551. The zero-order chi connectivity index (χ0) is 19.7. The van der Waals surface area contributed by atoms with Crippen molar-refractivity contribution in [1.29, 1.82) is 10.5 Å². The van der Waals surface area contributed by atoms with Crippen molar-refractivity contribution in [2.24, 2.45) is 4.99 Å². The van der Waals surface area contributed by atoms with Crippen LogP contribution in [0.1, 0.15) is 22.7 Å². The molecule has 1 aliphatic heterocycles. The van der Waals surface area contributed by atoms with E-state index >= 15 is 0 Å². The minimum atomic E-state index is -0.620. The Morgan fingerprint density at radius 3 is 2.75 bits per heavy atom. The van der Waals surface area contributed by atoms with E-state index in [1.165, 1.54) is 0 Å². The van der Waals surface area contributed by atoms with Crippen LogP contribution in [0.25, 0.3) is 5.69 Å². The first-order valence-corrected chi connectivity index (χ1v) is 8.20. The Morgan fingerprint density at radius 1 is 1.21 bits per heavy atom. The molecule has 0 spiro atoms. The number of benzene rings is 1. The van der Waals surface area contributed by atoms with Crippen LogP contribution >= 0.6 is 0 Å². The van der Waals surface area contributed by atoms with Crippen LogP contribution in [0.3, 0.4) is 0 Å². The number of hydrogen-bond acceptors (Lipinski definition) is 9. The Hall–Kier alpha value is -4.57. The van der Waals surface area contributed by atoms with E-state index in [1.807, 2.05) is 47.3 Å². The molecule has 0 radical (unpaired) electrons. The van der Waals surface area contributed by atoms with Crippen molar-refractivity contribution < 1.29 is 0 Å². The number of nitriles is 2. The van der Waals surface area contributed by atoms with Crippen molar-refractivity contribution in [2.45, 2.75) is 6.04 Å². The molecule has 3 heterocycles. The molecule has 2 aromatic heterocycles. The van der Waals surface area contributed by atoms with Crippen molar-refractivity contribution in [2.75, 3.05) is 16.8 Å². The molecule has 0 bridgehead atoms. The summed E-state index contributed by atoms with van der Waals surface area (Å²) < 4.78 is 1.84. The number of hydrogen-bond donors (Lipinski definition) is 4. The van der Waals surface area contributed by atoms with Crippen LogP contribution in [-0.4, -0.2) is 20.5 Å². The number of imidazole rings is 1. The number of pyridine rings is 1. The van der Waals surface area contributed by atoms with Gasteiger partial charge >= 0.3 is 0 Å². The fourth-order valence-corrected chi connectivity index (χ4v) is 3.16. The molecule has 136 valence electrons. The third kappa shape index (κ3) is 2.62. The van der Waals surface area contributed by atoms with E-state index in [1.54, 1.807) is 12.5 Å². The number of aliphatic imine (C=N–C) groups is 1. The van der Waals surface area contributed by atoms with Crippen LogP contribution in [-0.2, 0) is 0 Å². The second-order valence-electron chi connectivity index (χ2n) is 5.93. The van der Waals surface area contributed by atoms with Gasteiger partial charge in [-0.15, -0.1) is 0 Å². The van der Waals surface area contributed by atoms with E-state index in [2.05, 4.69) is 25.6 Å². The SMILES string of the molecule is N#CNC1=NC(c2ccccc2-n2ccnc2)c2c(nc(N)c(C#N)c2N)N1. The highest BCUT2D eigenvalue weighted by molar-refractivity contribution is 5.98. The Kier molecular flexibility index (Phi) is 3.99. The standard InChI is InChI=1S/C18H14N10/c19-7-11-14(21)13-15(25-18(24-8-20)27-17(13)26-16(11)22)10-3-1-2-4-12(10)28-6-5-23-9-28/h1-6,9,15H,(H6,21,22,24,25,26,27). The van der Waals surface area contributed by atoms with Gasteiger partial charge in [-0.25, -0.2) is 15.0 Å². The van der Waals surface area contributed by atoms with Crippen LogP contribution in [0, 0.1) is 22.8 Å². The zero-order valence-corrected chi connectivity index (χ0v) is 14.5. The fourth-order valence-electron chi connectivity index (χ4n) is 3.16. The molecule has 0 amide bonds. The lowest BCUT2D eigenvalue weighted by atomic mass is 9.94. The Bertz CT molecular complexity index is 1160. The molecule has 1 aromatic carbocycles. The molecule has 1 aliphatic rings. The number of nitrogens with zero attached hydrogens (tertiary/aromatic N) is 6. The van der Waals surface area contributed by atoms with Crippen LogP contribution in [0.5, 0.6) is 0 Å². The maximum atomic E-state index is 9.42. The average molecular weight is 370 g/mol. The summed E-state index contributed by atoms with van der Waals surface area (Å²) in [6.07, 6.45) is 6.98. The summed E-state index contributed by atoms with van der Waals surface area (Å²) in [7, 11) is 0. The van der Waals surface area contributed by atoms with Crippen molar-refractivity contribution >= 4 is 23.3 Å². The Labute approximate surface area is 159 Å². The number of nitrogens with two attached hydrogens (primary N) is 2. The molecule has 1 unspecified atom stereocenters. The van der Waals surface area contributed by atoms with Gasteiger partial charge in [-0.1, -0.05) is 18.2 Å². The third-order valence-corrected chi connectivity index (χ3v) is 4.37. The highest BCUT2D eigenvalue weighted by atomic mass is 15.2. The Morgan fingerprint density at radius 2 is 2.04 bits per heavy atom. The van der Waals surface area contributed by atoms with Gasteiger partial charge in [0.1, 0.15) is 29.3 Å². The lowest BCUT2D eigenvalue weighted by molar-refractivity contribution is 0.831. The molecule has 3 aromatic rings. The van der Waals surface area contributed by atoms with Crippen molar-refractivity contribution in [3.05, 3.63) is 59.7 Å². The van der Waals surface area contributed by atoms with Gasteiger partial charge in [-0.3, -0.25) is 5.32 Å². The zero-order valence-electron chi connectivity index (χ0n) is 14.5. The van der Waals surface area contributed by atoms with Gasteiger partial charge in [-0.05, 0) is 6.07 Å². The average Bonchev–Trinajstić information content (AvgIpc) is 3.22. The van der Waals surface area contributed by atoms with E-state index in [-0.39, 0.29) is 23.0 Å². The second-order valence-corrected chi connectivity index (χ2v) is 5.93. The number of rotatable bonds is 2. The first-order valence-electron chi connectivity index (χ1n) is 8.20. The molecule has 0 aliphatic carbocycles. The lowest BCUT2D eigenvalue weighted by Gasteiger charge is -2.27. The summed E-state index contributed by atoms with van der Waals surface area (Å²) in [4.78, 5) is 12.9. The monoisotopic (exact) mass is 370 g/mol. The van der Waals surface area contributed by atoms with Gasteiger partial charge in [0.2, 0.25) is 5.96 Å². The molecule has 1 atom stereocenters. The molecule has 0 saturated heterocycles. The van der Waals surface area contributed by atoms with Crippen LogP contribution in [0.2, 0.25) is 0 Å². The van der Waals surface area contributed by atoms with Gasteiger partial charge in [0.25, 0.3) is 0 Å². The van der Waals surface area contributed by atoms with E-state index in [0.29, 0.717) is 11.4 Å². The van der Waals surface area contributed by atoms with E-state index in [9.17, 15) is 5.26 Å². The lowest BCUT2D eigenvalue weighted by Crippen LogP contribution is -2.33. The first-order chi connectivity index (χ1) is 13.6. The molecule has 4 rings (SSSR count). The smallest absolute Gasteiger partial charge is 0.211 e. The molecule has 0 fully saturated rings. The number of para-hydroxylation sites is 1. The quantitative estimate of drug-likeness (QED) is 0.386. The third-order valence-electron chi connectivity index (χ3n) is 4.37. The predicted molar refractivity (Wildman–Crippen MR) is 103 cm³/mol. The van der Waals surface area contributed by atoms with E-state index in [4.69, 9.17) is 16.7 Å². The van der Waals surface area contributed by atoms with Crippen LogP contribution < -0.4 is 22.1 Å². The molecule has 0 saturated carbocycles. The summed E-state index contributed by atoms with van der Waals surface area (Å²) >= 11 is 0. The number of fused-ring (bicyclic) bond motifs is 1. The number of nitrogen functional groups attached to an aromatic ring is 2. The maximum Gasteiger partial charge on any atom is 0.211 e. The van der Waals surface area contributed by atoms with Crippen LogP contribution in [0.15, 0.2) is 48.0 Å². The van der Waals surface area contributed by atoms with E-state index < -0.39 is 6.04 Å². The summed E-state index contributed by atoms with van der Waals surface area (Å²) in [6.45, 7) is 0. The highest BCUT2D eigenvalue weighted by Crippen LogP contribution is 2.41. The fraction of sp³-hybridized carbons (Fsp3) is 0.0556. The maximum absolute atomic E-state index is 9.42. The summed E-state index contributed by atoms with van der Waals surface area (Å²) in [5, 5.41) is 23.8. The van der Waals surface area contributed by atoms with Gasteiger partial charge in [0.05, 0.1) is 17.7 Å². The predicted octanol–water partition coefficient (Wildman–Crippen LogP) is 1.24.